The number of hydrogen-bond donors (Lipinski definition) is 1. The second-order valence-electron chi connectivity index (χ2n) is 3.52. The number of nitrogens with zero attached hydrogens (tertiary/aromatic N) is 1. The van der Waals surface area contributed by atoms with E-state index in [1.807, 2.05) is 0 Å². The van der Waals surface area contributed by atoms with E-state index in [-0.39, 0.29) is 16.6 Å². The molecule has 0 aromatic carbocycles. The van der Waals surface area contributed by atoms with Crippen LogP contribution in [0.25, 0.3) is 0 Å². The van der Waals surface area contributed by atoms with Gasteiger partial charge in [0.25, 0.3) is 0 Å². The van der Waals surface area contributed by atoms with Gasteiger partial charge >= 0.3 is 0 Å². The molecule has 0 aliphatic rings. The van der Waals surface area contributed by atoms with E-state index in [0.29, 0.717) is 6.42 Å². The summed E-state index contributed by atoms with van der Waals surface area (Å²) in [4.78, 5) is 3.71. The Morgan fingerprint density at radius 1 is 1.33 bits per heavy atom. The van der Waals surface area contributed by atoms with Crippen molar-refractivity contribution in [2.75, 3.05) is 6.54 Å². The van der Waals surface area contributed by atoms with E-state index in [2.05, 4.69) is 9.71 Å². The molecule has 2 heterocycles. The van der Waals surface area contributed by atoms with Crippen LogP contribution in [0.1, 0.15) is 5.76 Å². The minimum Gasteiger partial charge on any atom is -0.469 e. The van der Waals surface area contributed by atoms with Crippen molar-refractivity contribution < 1.29 is 12.8 Å². The monoisotopic (exact) mass is 286 g/mol. The Morgan fingerprint density at radius 2 is 2.17 bits per heavy atom. The number of aromatic nitrogens is 1. The fourth-order valence-corrected chi connectivity index (χ4v) is 2.90. The quantitative estimate of drug-likeness (QED) is 0.852. The van der Waals surface area contributed by atoms with Gasteiger partial charge in [-0.25, -0.2) is 18.1 Å². The SMILES string of the molecule is O=S(=O)(NCCc1ccco1)c1cccnc1Cl. The molecule has 2 rings (SSSR count). The van der Waals surface area contributed by atoms with Crippen molar-refractivity contribution in [2.24, 2.45) is 0 Å². The molecule has 0 saturated carbocycles. The van der Waals surface area contributed by atoms with Crippen LogP contribution in [0.5, 0.6) is 0 Å². The van der Waals surface area contributed by atoms with Gasteiger partial charge in [0.1, 0.15) is 15.8 Å². The predicted octanol–water partition coefficient (Wildman–Crippen LogP) is 1.85. The van der Waals surface area contributed by atoms with Crippen LogP contribution in [0, 0.1) is 0 Å². The first-order valence-electron chi connectivity index (χ1n) is 5.22. The second kappa shape index (κ2) is 5.51. The molecule has 0 fully saturated rings. The molecule has 0 saturated heterocycles. The van der Waals surface area contributed by atoms with E-state index in [0.717, 1.165) is 5.76 Å². The molecule has 2 aromatic heterocycles. The molecule has 0 bridgehead atoms. The lowest BCUT2D eigenvalue weighted by molar-refractivity contribution is 0.506. The van der Waals surface area contributed by atoms with E-state index in [9.17, 15) is 8.42 Å². The van der Waals surface area contributed by atoms with Gasteiger partial charge in [0.05, 0.1) is 6.26 Å². The summed E-state index contributed by atoms with van der Waals surface area (Å²) in [5, 5.41) is -0.0389. The summed E-state index contributed by atoms with van der Waals surface area (Å²) in [6.07, 6.45) is 3.45. The van der Waals surface area contributed by atoms with Gasteiger partial charge in [-0.2, -0.15) is 0 Å². The van der Waals surface area contributed by atoms with Gasteiger partial charge in [0, 0.05) is 19.2 Å². The van der Waals surface area contributed by atoms with Gasteiger partial charge in [0.2, 0.25) is 10.0 Å². The van der Waals surface area contributed by atoms with Crippen LogP contribution < -0.4 is 4.72 Å². The maximum Gasteiger partial charge on any atom is 0.243 e. The summed E-state index contributed by atoms with van der Waals surface area (Å²) in [6, 6.07) is 6.46. The molecule has 18 heavy (non-hydrogen) atoms. The summed E-state index contributed by atoms with van der Waals surface area (Å²) in [5.41, 5.74) is 0. The average molecular weight is 287 g/mol. The van der Waals surface area contributed by atoms with Crippen LogP contribution in [-0.4, -0.2) is 19.9 Å². The molecule has 1 N–H and O–H groups in total. The van der Waals surface area contributed by atoms with Crippen LogP contribution in [-0.2, 0) is 16.4 Å². The summed E-state index contributed by atoms with van der Waals surface area (Å²) in [7, 11) is -3.63. The number of sulfonamides is 1. The first kappa shape index (κ1) is 13.1. The zero-order valence-electron chi connectivity index (χ0n) is 9.34. The number of hydrogen-bond acceptors (Lipinski definition) is 4. The van der Waals surface area contributed by atoms with Crippen LogP contribution in [0.2, 0.25) is 5.15 Å². The molecule has 0 unspecified atom stereocenters. The smallest absolute Gasteiger partial charge is 0.243 e. The Morgan fingerprint density at radius 3 is 2.83 bits per heavy atom. The van der Waals surface area contributed by atoms with Crippen LogP contribution in [0.4, 0.5) is 0 Å². The molecule has 5 nitrogen and oxygen atoms in total. The van der Waals surface area contributed by atoms with Gasteiger partial charge in [0.15, 0.2) is 0 Å². The number of furan rings is 1. The summed E-state index contributed by atoms with van der Waals surface area (Å²) in [5.74, 6) is 0.718. The van der Waals surface area contributed by atoms with Crippen molar-refractivity contribution in [2.45, 2.75) is 11.3 Å². The Kier molecular flexibility index (Phi) is 4.00. The highest BCUT2D eigenvalue weighted by molar-refractivity contribution is 7.89. The van der Waals surface area contributed by atoms with E-state index >= 15 is 0 Å². The zero-order chi connectivity index (χ0) is 13.0. The van der Waals surface area contributed by atoms with Gasteiger partial charge in [-0.05, 0) is 24.3 Å². The predicted molar refractivity (Wildman–Crippen MR) is 66.8 cm³/mol. The van der Waals surface area contributed by atoms with Crippen LogP contribution in [0.3, 0.4) is 0 Å². The highest BCUT2D eigenvalue weighted by atomic mass is 35.5. The number of halogens is 1. The third-order valence-corrected chi connectivity index (χ3v) is 4.16. The van der Waals surface area contributed by atoms with Gasteiger partial charge in [-0.15, -0.1) is 0 Å². The van der Waals surface area contributed by atoms with Crippen molar-refractivity contribution in [3.8, 4) is 0 Å². The highest BCUT2D eigenvalue weighted by Gasteiger charge is 2.17. The van der Waals surface area contributed by atoms with E-state index in [1.165, 1.54) is 18.3 Å². The molecule has 96 valence electrons. The summed E-state index contributed by atoms with van der Waals surface area (Å²) >= 11 is 5.74. The Labute approximate surface area is 110 Å². The third-order valence-electron chi connectivity index (χ3n) is 2.26. The van der Waals surface area contributed by atoms with E-state index < -0.39 is 10.0 Å². The van der Waals surface area contributed by atoms with E-state index in [4.69, 9.17) is 16.0 Å². The number of pyridine rings is 1. The van der Waals surface area contributed by atoms with Crippen molar-refractivity contribution in [3.05, 3.63) is 47.6 Å². The molecular formula is C11H11ClN2O3S. The molecule has 0 atom stereocenters. The fourth-order valence-electron chi connectivity index (χ4n) is 1.41. The Balaban J connectivity index is 2.02. The molecule has 0 radical (unpaired) electrons. The largest absolute Gasteiger partial charge is 0.469 e. The number of nitrogens with one attached hydrogen (secondary N) is 1. The molecule has 0 aliphatic heterocycles. The lowest BCUT2D eigenvalue weighted by atomic mass is 10.3. The maximum atomic E-state index is 11.9. The molecule has 0 spiro atoms. The fraction of sp³-hybridized carbons (Fsp3) is 0.182. The van der Waals surface area contributed by atoms with Gasteiger partial charge in [-0.1, -0.05) is 11.6 Å². The van der Waals surface area contributed by atoms with Crippen molar-refractivity contribution in [1.29, 1.82) is 0 Å². The van der Waals surface area contributed by atoms with Gasteiger partial charge in [-0.3, -0.25) is 0 Å². The first-order chi connectivity index (χ1) is 8.59. The molecular weight excluding hydrogens is 276 g/mol. The summed E-state index contributed by atoms with van der Waals surface area (Å²) < 4.78 is 31.4. The van der Waals surface area contributed by atoms with Crippen molar-refractivity contribution >= 4 is 21.6 Å². The topological polar surface area (TPSA) is 72.2 Å². The first-order valence-corrected chi connectivity index (χ1v) is 7.08. The zero-order valence-corrected chi connectivity index (χ0v) is 10.9. The lowest BCUT2D eigenvalue weighted by Crippen LogP contribution is -2.26. The second-order valence-corrected chi connectivity index (χ2v) is 5.61. The number of rotatable bonds is 5. The van der Waals surface area contributed by atoms with Crippen LogP contribution in [0.15, 0.2) is 46.0 Å². The van der Waals surface area contributed by atoms with Crippen molar-refractivity contribution in [1.82, 2.24) is 9.71 Å². The Hall–Kier alpha value is -1.37. The lowest BCUT2D eigenvalue weighted by Gasteiger charge is -2.06. The van der Waals surface area contributed by atoms with Gasteiger partial charge < -0.3 is 4.42 Å². The normalized spacial score (nSPS) is 11.6. The highest BCUT2D eigenvalue weighted by Crippen LogP contribution is 2.17. The van der Waals surface area contributed by atoms with Crippen molar-refractivity contribution in [3.63, 3.8) is 0 Å². The minimum atomic E-state index is -3.63. The average Bonchev–Trinajstić information content (AvgIpc) is 2.82. The third kappa shape index (κ3) is 3.10. The maximum absolute atomic E-state index is 11.9. The van der Waals surface area contributed by atoms with E-state index in [1.54, 1.807) is 18.4 Å². The minimum absolute atomic E-state index is 0.0221. The standard InChI is InChI=1S/C11H11ClN2O3S/c12-11-10(4-1-6-13-11)18(15,16)14-7-5-9-3-2-8-17-9/h1-4,6,8,14H,5,7H2. The molecule has 0 aliphatic carbocycles. The Bertz CT molecular complexity index is 611. The molecule has 7 heteroatoms. The molecule has 2 aromatic rings. The summed E-state index contributed by atoms with van der Waals surface area (Å²) in [6.45, 7) is 0.237. The van der Waals surface area contributed by atoms with Crippen LogP contribution >= 0.6 is 11.6 Å². The molecule has 0 amide bonds.